The standard InChI is InChI=1S/C29H24N6O2/c1-19-31-27-25(29(36)34(19)16-15-20-9-4-3-5-10-20)26-28(33-24-14-7-6-13-23(24)32-26)35(27)30-18-21-11-8-12-22(17-21)37-2/h3-14,17-18H,15-16H2,1-2H3/b30-18-. The highest BCUT2D eigenvalue weighted by Crippen LogP contribution is 2.25. The van der Waals surface area contributed by atoms with Crippen LogP contribution in [0, 0.1) is 6.92 Å². The number of para-hydroxylation sites is 2. The number of aryl methyl sites for hydroxylation is 2. The van der Waals surface area contributed by atoms with E-state index in [2.05, 4.69) is 12.1 Å². The van der Waals surface area contributed by atoms with Crippen molar-refractivity contribution >= 4 is 39.4 Å². The summed E-state index contributed by atoms with van der Waals surface area (Å²) in [5.41, 5.74) is 4.69. The minimum absolute atomic E-state index is 0.150. The molecule has 0 atom stereocenters. The lowest BCUT2D eigenvalue weighted by atomic mass is 10.1. The summed E-state index contributed by atoms with van der Waals surface area (Å²) >= 11 is 0. The van der Waals surface area contributed by atoms with Crippen LogP contribution in [-0.4, -0.2) is 37.5 Å². The number of hydrogen-bond acceptors (Lipinski definition) is 6. The van der Waals surface area contributed by atoms with Gasteiger partial charge in [0, 0.05) is 6.54 Å². The van der Waals surface area contributed by atoms with Crippen molar-refractivity contribution in [2.75, 3.05) is 7.11 Å². The van der Waals surface area contributed by atoms with Crippen molar-refractivity contribution in [1.29, 1.82) is 0 Å². The van der Waals surface area contributed by atoms with E-state index in [0.717, 1.165) is 28.8 Å². The zero-order valence-corrected chi connectivity index (χ0v) is 20.5. The lowest BCUT2D eigenvalue weighted by Crippen LogP contribution is -2.25. The van der Waals surface area contributed by atoms with Gasteiger partial charge in [0.2, 0.25) is 0 Å². The van der Waals surface area contributed by atoms with E-state index >= 15 is 0 Å². The molecule has 0 N–H and O–H groups in total. The fourth-order valence-corrected chi connectivity index (χ4v) is 4.52. The molecule has 3 aromatic carbocycles. The molecule has 8 nitrogen and oxygen atoms in total. The van der Waals surface area contributed by atoms with E-state index in [-0.39, 0.29) is 5.56 Å². The Labute approximate surface area is 212 Å². The summed E-state index contributed by atoms with van der Waals surface area (Å²) in [4.78, 5) is 28.4. The van der Waals surface area contributed by atoms with Crippen LogP contribution >= 0.6 is 0 Å². The van der Waals surface area contributed by atoms with Crippen molar-refractivity contribution in [3.05, 3.63) is 106 Å². The summed E-state index contributed by atoms with van der Waals surface area (Å²) in [5.74, 6) is 1.34. The quantitative estimate of drug-likeness (QED) is 0.316. The molecule has 37 heavy (non-hydrogen) atoms. The molecule has 0 saturated heterocycles. The fourth-order valence-electron chi connectivity index (χ4n) is 4.52. The van der Waals surface area contributed by atoms with Gasteiger partial charge in [0.15, 0.2) is 11.3 Å². The zero-order chi connectivity index (χ0) is 25.4. The van der Waals surface area contributed by atoms with Gasteiger partial charge in [-0.2, -0.15) is 9.78 Å². The molecule has 0 spiro atoms. The second-order valence-corrected chi connectivity index (χ2v) is 8.77. The number of aromatic nitrogens is 5. The Balaban J connectivity index is 1.56. The molecule has 0 aliphatic rings. The number of hydrogen-bond donors (Lipinski definition) is 0. The molecule has 6 rings (SSSR count). The smallest absolute Gasteiger partial charge is 0.265 e. The van der Waals surface area contributed by atoms with Crippen molar-refractivity contribution in [2.45, 2.75) is 19.9 Å². The van der Waals surface area contributed by atoms with Crippen LogP contribution in [0.15, 0.2) is 88.8 Å². The van der Waals surface area contributed by atoms with Gasteiger partial charge in [-0.15, -0.1) is 0 Å². The first-order valence-electron chi connectivity index (χ1n) is 12.0. The van der Waals surface area contributed by atoms with Crippen LogP contribution in [0.1, 0.15) is 17.0 Å². The molecular weight excluding hydrogens is 464 g/mol. The van der Waals surface area contributed by atoms with Crippen molar-refractivity contribution in [2.24, 2.45) is 5.10 Å². The lowest BCUT2D eigenvalue weighted by Gasteiger charge is -2.10. The van der Waals surface area contributed by atoms with Crippen molar-refractivity contribution in [1.82, 2.24) is 24.2 Å². The van der Waals surface area contributed by atoms with E-state index in [1.807, 2.05) is 73.7 Å². The van der Waals surface area contributed by atoms with Gasteiger partial charge in [0.25, 0.3) is 5.56 Å². The number of fused-ring (bicyclic) bond motifs is 4. The normalized spacial score (nSPS) is 11.7. The van der Waals surface area contributed by atoms with Gasteiger partial charge in [-0.3, -0.25) is 9.36 Å². The SMILES string of the molecule is COc1cccc(/C=N\n2c3nc4ccccc4nc3c3c(=O)n(CCc4ccccc4)c(C)nc32)c1. The first-order chi connectivity index (χ1) is 18.1. The molecule has 6 aromatic rings. The Morgan fingerprint density at radius 1 is 0.892 bits per heavy atom. The fraction of sp³-hybridized carbons (Fsp3) is 0.138. The Bertz CT molecular complexity index is 1850. The predicted molar refractivity (Wildman–Crippen MR) is 145 cm³/mol. The highest BCUT2D eigenvalue weighted by Gasteiger charge is 2.21. The van der Waals surface area contributed by atoms with Crippen LogP contribution < -0.4 is 10.3 Å². The Hall–Kier alpha value is -4.85. The maximum absolute atomic E-state index is 13.9. The molecular formula is C29H24N6O2. The van der Waals surface area contributed by atoms with Crippen LogP contribution in [-0.2, 0) is 13.0 Å². The third-order valence-corrected chi connectivity index (χ3v) is 6.41. The van der Waals surface area contributed by atoms with Crippen LogP contribution in [0.3, 0.4) is 0 Å². The molecule has 0 bridgehead atoms. The van der Waals surface area contributed by atoms with Gasteiger partial charge in [-0.25, -0.2) is 15.0 Å². The topological polar surface area (TPSA) is 87.2 Å². The predicted octanol–water partition coefficient (Wildman–Crippen LogP) is 4.74. The Morgan fingerprint density at radius 2 is 1.65 bits per heavy atom. The second-order valence-electron chi connectivity index (χ2n) is 8.77. The van der Waals surface area contributed by atoms with Gasteiger partial charge in [-0.05, 0) is 48.7 Å². The molecule has 0 unspecified atom stereocenters. The van der Waals surface area contributed by atoms with Crippen LogP contribution in [0.5, 0.6) is 5.75 Å². The molecule has 3 heterocycles. The lowest BCUT2D eigenvalue weighted by molar-refractivity contribution is 0.415. The summed E-state index contributed by atoms with van der Waals surface area (Å²) in [6.45, 7) is 2.36. The van der Waals surface area contributed by atoms with Gasteiger partial charge in [0.05, 0.1) is 24.4 Å². The second kappa shape index (κ2) is 9.31. The molecule has 0 aliphatic carbocycles. The van der Waals surface area contributed by atoms with Gasteiger partial charge < -0.3 is 4.74 Å². The Kier molecular flexibility index (Phi) is 5.69. The van der Waals surface area contributed by atoms with Crippen molar-refractivity contribution < 1.29 is 4.74 Å². The molecule has 3 aromatic heterocycles. The van der Waals surface area contributed by atoms with E-state index in [1.54, 1.807) is 22.6 Å². The molecule has 0 fully saturated rings. The average molecular weight is 489 g/mol. The maximum Gasteiger partial charge on any atom is 0.265 e. The van der Waals surface area contributed by atoms with Crippen molar-refractivity contribution in [3.8, 4) is 5.75 Å². The minimum atomic E-state index is -0.150. The average Bonchev–Trinajstić information content (AvgIpc) is 3.23. The van der Waals surface area contributed by atoms with E-state index in [4.69, 9.17) is 24.8 Å². The van der Waals surface area contributed by atoms with Crippen LogP contribution in [0.4, 0.5) is 0 Å². The zero-order valence-electron chi connectivity index (χ0n) is 20.5. The first-order valence-corrected chi connectivity index (χ1v) is 12.0. The third-order valence-electron chi connectivity index (χ3n) is 6.41. The van der Waals surface area contributed by atoms with Crippen LogP contribution in [0.2, 0.25) is 0 Å². The molecule has 8 heteroatoms. The summed E-state index contributed by atoms with van der Waals surface area (Å²) in [6, 6.07) is 25.3. The van der Waals surface area contributed by atoms with Gasteiger partial charge in [0.1, 0.15) is 22.5 Å². The van der Waals surface area contributed by atoms with E-state index < -0.39 is 0 Å². The number of methoxy groups -OCH3 is 1. The molecule has 0 amide bonds. The van der Waals surface area contributed by atoms with Crippen LogP contribution in [0.25, 0.3) is 33.2 Å². The van der Waals surface area contributed by atoms with E-state index in [1.165, 1.54) is 0 Å². The molecule has 0 aliphatic heterocycles. The highest BCUT2D eigenvalue weighted by atomic mass is 16.5. The Morgan fingerprint density at radius 3 is 2.43 bits per heavy atom. The van der Waals surface area contributed by atoms with Crippen molar-refractivity contribution in [3.63, 3.8) is 0 Å². The van der Waals surface area contributed by atoms with Gasteiger partial charge >= 0.3 is 0 Å². The third kappa shape index (κ3) is 4.12. The summed E-state index contributed by atoms with van der Waals surface area (Å²) in [5, 5.41) is 5.12. The number of benzene rings is 3. The monoisotopic (exact) mass is 488 g/mol. The number of rotatable bonds is 6. The largest absolute Gasteiger partial charge is 0.497 e. The summed E-state index contributed by atoms with van der Waals surface area (Å²) in [7, 11) is 1.62. The summed E-state index contributed by atoms with van der Waals surface area (Å²) in [6.07, 6.45) is 2.42. The number of ether oxygens (including phenoxy) is 1. The summed E-state index contributed by atoms with van der Waals surface area (Å²) < 4.78 is 8.65. The molecule has 0 saturated carbocycles. The van der Waals surface area contributed by atoms with Gasteiger partial charge in [-0.1, -0.05) is 54.6 Å². The van der Waals surface area contributed by atoms with E-state index in [9.17, 15) is 4.79 Å². The maximum atomic E-state index is 13.9. The number of nitrogens with zero attached hydrogens (tertiary/aromatic N) is 6. The minimum Gasteiger partial charge on any atom is -0.497 e. The van der Waals surface area contributed by atoms with E-state index in [0.29, 0.717) is 40.1 Å². The molecule has 0 radical (unpaired) electrons. The first kappa shape index (κ1) is 22.6. The molecule has 182 valence electrons. The highest BCUT2D eigenvalue weighted by molar-refractivity contribution is 6.05.